The van der Waals surface area contributed by atoms with Crippen molar-refractivity contribution in [3.05, 3.63) is 138 Å². The molecule has 2 aliphatic carbocycles. The molecule has 309 valence electrons. The molecule has 0 aliphatic heterocycles. The van der Waals surface area contributed by atoms with E-state index in [0.29, 0.717) is 35.2 Å². The fourth-order valence-corrected chi connectivity index (χ4v) is 10.2. The molecule has 3 nitrogen and oxygen atoms in total. The van der Waals surface area contributed by atoms with Gasteiger partial charge in [-0.3, -0.25) is 4.39 Å². The van der Waals surface area contributed by atoms with Gasteiger partial charge in [-0.05, 0) is 116 Å². The van der Waals surface area contributed by atoms with Gasteiger partial charge in [0.05, 0.1) is 13.7 Å². The molecule has 0 amide bonds. The zero-order valence-electron chi connectivity index (χ0n) is 40.1. The molecule has 60 heavy (non-hydrogen) atoms. The average molecular weight is 991 g/mol. The first-order valence-electron chi connectivity index (χ1n) is 22.9. The molecule has 0 unspecified atom stereocenters. The molecular weight excluding hydrogens is 932 g/mol. The Hall–Kier alpha value is -4.48. The number of rotatable bonds is 3. The molecule has 5 aromatic carbocycles. The van der Waals surface area contributed by atoms with Crippen LogP contribution < -0.4 is 5.19 Å². The van der Waals surface area contributed by atoms with Crippen molar-refractivity contribution in [1.82, 2.24) is 9.97 Å². The van der Waals surface area contributed by atoms with E-state index in [9.17, 15) is 5.76 Å². The standard InChI is InChI=1S/C34H30NO.C20H25FNSi.Ir/c1-21-20-35-31(18-28(21)23-13-15-34(2,3)16-14-23)27-10-6-9-26-30-17-24-12-11-22-7-4-5-8-25(22)29(24)19-32(30)36-33(26)27;1-19(2)16-10-13(21)8-9-15(16)18-17(20(19,3)4)11-14(12-22-18)23(5,6)7;/h4-9,11-12,17-20,23H,13-16H2,1-3H3;8,10-12H,1-7H3;/q2*-1;/i1D3,23D;;. The molecule has 2 aliphatic rings. The minimum Gasteiger partial charge on any atom is -0.501 e. The number of aryl methyl sites for hydroxylation is 1. The van der Waals surface area contributed by atoms with E-state index in [1.165, 1.54) is 33.8 Å². The van der Waals surface area contributed by atoms with E-state index in [-0.39, 0.29) is 47.7 Å². The van der Waals surface area contributed by atoms with Gasteiger partial charge in [0.2, 0.25) is 0 Å². The van der Waals surface area contributed by atoms with E-state index < -0.39 is 20.8 Å². The van der Waals surface area contributed by atoms with Gasteiger partial charge in [0.15, 0.2) is 0 Å². The van der Waals surface area contributed by atoms with Gasteiger partial charge in [-0.1, -0.05) is 126 Å². The SMILES string of the molecule is CC1(C)c2cc(F)c[c-]c2-c2ncc([Si](C)(C)C)cc2C1(C)C.[2H]C([2H])([2H])c1cnc(-c2[c-]ccc3c2oc2cc4c(ccc5ccccc54)cc23)cc1C1([2H])CCC(C)(C)CC1.[Ir]. The number of nitrogens with zero attached hydrogens (tertiary/aromatic N) is 2. The van der Waals surface area contributed by atoms with Gasteiger partial charge in [0.1, 0.15) is 5.58 Å². The van der Waals surface area contributed by atoms with Crippen LogP contribution in [0.15, 0.2) is 102 Å². The molecule has 1 saturated carbocycles. The van der Waals surface area contributed by atoms with Crippen molar-refractivity contribution in [1.29, 1.82) is 0 Å². The Morgan fingerprint density at radius 3 is 2.25 bits per heavy atom. The maximum atomic E-state index is 13.8. The molecule has 6 heteroatoms. The second-order valence-corrected chi connectivity index (χ2v) is 24.7. The van der Waals surface area contributed by atoms with E-state index in [0.717, 1.165) is 56.8 Å². The van der Waals surface area contributed by atoms with E-state index in [4.69, 9.17) is 13.5 Å². The minimum absolute atomic E-state index is 0. The van der Waals surface area contributed by atoms with E-state index in [1.54, 1.807) is 6.07 Å². The number of aromatic nitrogens is 2. The number of benzene rings is 5. The second kappa shape index (κ2) is 15.2. The Labute approximate surface area is 375 Å². The smallest absolute Gasteiger partial charge is 0.121 e. The van der Waals surface area contributed by atoms with Crippen LogP contribution in [0.1, 0.15) is 101 Å². The first kappa shape index (κ1) is 37.3. The van der Waals surface area contributed by atoms with Crippen LogP contribution in [0, 0.1) is 30.2 Å². The van der Waals surface area contributed by atoms with E-state index in [1.807, 2.05) is 30.5 Å². The zero-order valence-corrected chi connectivity index (χ0v) is 39.5. The van der Waals surface area contributed by atoms with Crippen molar-refractivity contribution in [3.63, 3.8) is 0 Å². The van der Waals surface area contributed by atoms with Gasteiger partial charge in [-0.15, -0.1) is 47.5 Å². The van der Waals surface area contributed by atoms with Gasteiger partial charge in [-0.25, -0.2) is 0 Å². The topological polar surface area (TPSA) is 38.9 Å². The molecule has 3 heterocycles. The fourth-order valence-electron chi connectivity index (χ4n) is 9.20. The summed E-state index contributed by atoms with van der Waals surface area (Å²) < 4.78 is 54.3. The summed E-state index contributed by atoms with van der Waals surface area (Å²) >= 11 is 0. The third kappa shape index (κ3) is 7.17. The third-order valence-electron chi connectivity index (χ3n) is 13.9. The first-order valence-corrected chi connectivity index (χ1v) is 24.4. The summed E-state index contributed by atoms with van der Waals surface area (Å²) in [5.41, 5.74) is 7.45. The summed E-state index contributed by atoms with van der Waals surface area (Å²) in [6.45, 7) is 18.0. The Balaban J connectivity index is 0.000000199. The van der Waals surface area contributed by atoms with Gasteiger partial charge in [0.25, 0.3) is 0 Å². The van der Waals surface area contributed by atoms with Crippen molar-refractivity contribution in [2.75, 3.05) is 0 Å². The van der Waals surface area contributed by atoms with Gasteiger partial charge < -0.3 is 14.4 Å². The van der Waals surface area contributed by atoms with Crippen molar-refractivity contribution in [3.8, 4) is 22.5 Å². The van der Waals surface area contributed by atoms with Crippen LogP contribution in [-0.4, -0.2) is 18.0 Å². The Morgan fingerprint density at radius 1 is 0.767 bits per heavy atom. The van der Waals surface area contributed by atoms with Crippen LogP contribution in [0.4, 0.5) is 4.39 Å². The van der Waals surface area contributed by atoms with Crippen LogP contribution in [-0.2, 0) is 30.9 Å². The number of furan rings is 1. The maximum Gasteiger partial charge on any atom is 0.121 e. The monoisotopic (exact) mass is 991 g/mol. The summed E-state index contributed by atoms with van der Waals surface area (Å²) in [5.74, 6) is -1.20. The Bertz CT molecular complexity index is 3120. The predicted octanol–water partition coefficient (Wildman–Crippen LogP) is 14.5. The van der Waals surface area contributed by atoms with Gasteiger partial charge in [0, 0.05) is 49.2 Å². The largest absolute Gasteiger partial charge is 0.501 e. The van der Waals surface area contributed by atoms with Crippen LogP contribution >= 0.6 is 0 Å². The Morgan fingerprint density at radius 2 is 1.50 bits per heavy atom. The first-order chi connectivity index (χ1) is 29.5. The minimum atomic E-state index is -2.35. The van der Waals surface area contributed by atoms with Crippen molar-refractivity contribution >= 4 is 56.7 Å². The van der Waals surface area contributed by atoms with Crippen LogP contribution in [0.5, 0.6) is 0 Å². The van der Waals surface area contributed by atoms with Crippen LogP contribution in [0.25, 0.3) is 66.0 Å². The molecule has 0 spiro atoms. The number of halogens is 1. The summed E-state index contributed by atoms with van der Waals surface area (Å²) in [4.78, 5) is 9.41. The Kier molecular flexibility index (Phi) is 9.42. The quantitative estimate of drug-likeness (QED) is 0.101. The van der Waals surface area contributed by atoms with Crippen LogP contribution in [0.2, 0.25) is 19.6 Å². The van der Waals surface area contributed by atoms with Crippen molar-refractivity contribution < 1.29 is 34.4 Å². The molecule has 1 fully saturated rings. The third-order valence-corrected chi connectivity index (χ3v) is 15.9. The number of hydrogen-bond acceptors (Lipinski definition) is 3. The molecule has 0 atom stereocenters. The van der Waals surface area contributed by atoms with Gasteiger partial charge in [-0.2, -0.15) is 0 Å². The summed E-state index contributed by atoms with van der Waals surface area (Å²) in [6.07, 6.45) is 6.45. The molecule has 1 radical (unpaired) electrons. The number of hydrogen-bond donors (Lipinski definition) is 0. The molecule has 10 rings (SSSR count). The normalized spacial score (nSPS) is 18.6. The van der Waals surface area contributed by atoms with Crippen molar-refractivity contribution in [2.45, 2.75) is 110 Å². The molecule has 3 aromatic heterocycles. The fraction of sp³-hybridized carbons (Fsp3) is 0.333. The summed E-state index contributed by atoms with van der Waals surface area (Å²) in [5, 5.41) is 7.97. The molecule has 0 saturated heterocycles. The molecule has 0 bridgehead atoms. The maximum absolute atomic E-state index is 13.8. The van der Waals surface area contributed by atoms with Crippen molar-refractivity contribution in [2.24, 2.45) is 5.41 Å². The van der Waals surface area contributed by atoms with E-state index >= 15 is 0 Å². The molecule has 0 N–H and O–H groups in total. The van der Waals surface area contributed by atoms with Crippen LogP contribution in [0.3, 0.4) is 0 Å². The molecule has 8 aromatic rings. The second-order valence-electron chi connectivity index (χ2n) is 19.7. The number of fused-ring (bicyclic) bond motifs is 9. The predicted molar refractivity (Wildman–Crippen MR) is 248 cm³/mol. The van der Waals surface area contributed by atoms with E-state index in [2.05, 4.69) is 127 Å². The average Bonchev–Trinajstić information content (AvgIpc) is 3.60. The van der Waals surface area contributed by atoms with Gasteiger partial charge >= 0.3 is 0 Å². The summed E-state index contributed by atoms with van der Waals surface area (Å²) in [6, 6.07) is 34.5. The summed E-state index contributed by atoms with van der Waals surface area (Å²) in [7, 11) is -1.43. The number of pyridine rings is 2. The molecular formula is C54H55FIrN2OSi-2. The zero-order chi connectivity index (χ0) is 45.1.